The van der Waals surface area contributed by atoms with Gasteiger partial charge in [-0.2, -0.15) is 0 Å². The summed E-state index contributed by atoms with van der Waals surface area (Å²) in [7, 11) is 0. The van der Waals surface area contributed by atoms with Crippen LogP contribution in [0.4, 0.5) is 0 Å². The number of hydrogen-bond donors (Lipinski definition) is 1. The molecule has 0 aliphatic rings. The van der Waals surface area contributed by atoms with E-state index in [0.717, 1.165) is 5.56 Å². The quantitative estimate of drug-likeness (QED) is 0.822. The number of benzene rings is 1. The first-order chi connectivity index (χ1) is 6.90. The fourth-order valence-corrected chi connectivity index (χ4v) is 1.50. The van der Waals surface area contributed by atoms with Crippen LogP contribution in [0.25, 0.3) is 0 Å². The molecule has 1 atom stereocenters. The van der Waals surface area contributed by atoms with Crippen molar-refractivity contribution < 1.29 is 4.79 Å². The first-order valence-corrected chi connectivity index (χ1v) is 5.23. The van der Waals surface area contributed by atoms with Gasteiger partial charge in [0.05, 0.1) is 6.04 Å². The monoisotopic (exact) mass is 205 g/mol. The van der Waals surface area contributed by atoms with Crippen LogP contribution in [-0.4, -0.2) is 11.3 Å². The summed E-state index contributed by atoms with van der Waals surface area (Å²) in [6, 6.07) is 9.62. The zero-order valence-electron chi connectivity index (χ0n) is 9.87. The Labute approximate surface area is 91.7 Å². The van der Waals surface area contributed by atoms with Gasteiger partial charge in [0.15, 0.2) is 5.78 Å². The third kappa shape index (κ3) is 3.84. The number of hydrogen-bond acceptors (Lipinski definition) is 2. The van der Waals surface area contributed by atoms with Gasteiger partial charge in [0.2, 0.25) is 0 Å². The van der Waals surface area contributed by atoms with E-state index in [0.29, 0.717) is 0 Å². The molecule has 0 amide bonds. The molecule has 0 heterocycles. The Morgan fingerprint density at radius 1 is 1.20 bits per heavy atom. The molecule has 0 unspecified atom stereocenters. The third-order valence-electron chi connectivity index (χ3n) is 2.12. The maximum Gasteiger partial charge on any atom is 0.151 e. The highest BCUT2D eigenvalue weighted by Crippen LogP contribution is 2.17. The van der Waals surface area contributed by atoms with E-state index in [9.17, 15) is 4.79 Å². The third-order valence-corrected chi connectivity index (χ3v) is 2.12. The Bertz CT molecular complexity index is 324. The number of carbonyl (C=O) groups is 1. The minimum absolute atomic E-state index is 0.0633. The van der Waals surface area contributed by atoms with Crippen molar-refractivity contribution in [1.29, 1.82) is 0 Å². The zero-order chi connectivity index (χ0) is 11.5. The van der Waals surface area contributed by atoms with Crippen LogP contribution in [-0.2, 0) is 4.79 Å². The molecule has 0 aromatic heterocycles. The Hall–Kier alpha value is -1.15. The second-order valence-electron chi connectivity index (χ2n) is 4.85. The minimum Gasteiger partial charge on any atom is -0.299 e. The largest absolute Gasteiger partial charge is 0.299 e. The average Bonchev–Trinajstić information content (AvgIpc) is 2.14. The smallest absolute Gasteiger partial charge is 0.151 e. The Morgan fingerprint density at radius 3 is 2.13 bits per heavy atom. The fraction of sp³-hybridized carbons (Fsp3) is 0.462. The number of carbonyl (C=O) groups excluding carboxylic acids is 1. The predicted molar refractivity (Wildman–Crippen MR) is 62.8 cm³/mol. The van der Waals surface area contributed by atoms with Crippen molar-refractivity contribution >= 4 is 5.78 Å². The molecule has 0 bridgehead atoms. The van der Waals surface area contributed by atoms with Crippen molar-refractivity contribution in [3.63, 3.8) is 0 Å². The molecule has 15 heavy (non-hydrogen) atoms. The summed E-state index contributed by atoms with van der Waals surface area (Å²) in [6.45, 7) is 7.81. The topological polar surface area (TPSA) is 29.1 Å². The molecule has 1 rings (SSSR count). The molecule has 0 spiro atoms. The lowest BCUT2D eigenvalue weighted by Crippen LogP contribution is -2.41. The second-order valence-corrected chi connectivity index (χ2v) is 4.85. The van der Waals surface area contributed by atoms with Crippen LogP contribution < -0.4 is 5.32 Å². The highest BCUT2D eigenvalue weighted by molar-refractivity contribution is 5.83. The standard InChI is InChI=1S/C13H19NO/c1-10(15)12(14-13(2,3)4)11-8-6-5-7-9-11/h5-9,12,14H,1-4H3/t12-/m0/s1. The van der Waals surface area contributed by atoms with Gasteiger partial charge in [-0.05, 0) is 33.3 Å². The molecule has 1 aromatic carbocycles. The van der Waals surface area contributed by atoms with E-state index >= 15 is 0 Å². The highest BCUT2D eigenvalue weighted by atomic mass is 16.1. The number of nitrogens with one attached hydrogen (secondary N) is 1. The van der Waals surface area contributed by atoms with Gasteiger partial charge in [-0.1, -0.05) is 30.3 Å². The van der Waals surface area contributed by atoms with Crippen LogP contribution >= 0.6 is 0 Å². The number of ketones is 1. The number of rotatable bonds is 3. The molecule has 0 aliphatic heterocycles. The van der Waals surface area contributed by atoms with Crippen molar-refractivity contribution in [2.75, 3.05) is 0 Å². The molecule has 0 radical (unpaired) electrons. The maximum atomic E-state index is 11.6. The van der Waals surface area contributed by atoms with E-state index in [4.69, 9.17) is 0 Å². The summed E-state index contributed by atoms with van der Waals surface area (Å²) in [5, 5.41) is 3.32. The SMILES string of the molecule is CC(=O)[C@H](NC(C)(C)C)c1ccccc1. The molecule has 1 aromatic rings. The van der Waals surface area contributed by atoms with Crippen molar-refractivity contribution in [1.82, 2.24) is 5.32 Å². The van der Waals surface area contributed by atoms with Crippen LogP contribution in [0.5, 0.6) is 0 Å². The van der Waals surface area contributed by atoms with Gasteiger partial charge in [0.1, 0.15) is 0 Å². The minimum atomic E-state index is -0.203. The summed E-state index contributed by atoms with van der Waals surface area (Å²) in [5.41, 5.74) is 0.964. The maximum absolute atomic E-state index is 11.6. The summed E-state index contributed by atoms with van der Waals surface area (Å²) in [5.74, 6) is 0.149. The van der Waals surface area contributed by atoms with Crippen molar-refractivity contribution in [3.05, 3.63) is 35.9 Å². The molecule has 0 saturated heterocycles. The normalized spacial score (nSPS) is 13.6. The van der Waals surface area contributed by atoms with Gasteiger partial charge in [-0.25, -0.2) is 0 Å². The second kappa shape index (κ2) is 4.58. The molecule has 0 aliphatic carbocycles. The molecule has 2 heteroatoms. The first kappa shape index (κ1) is 11.9. The predicted octanol–water partition coefficient (Wildman–Crippen LogP) is 2.70. The van der Waals surface area contributed by atoms with Crippen LogP contribution in [0.2, 0.25) is 0 Å². The molecular weight excluding hydrogens is 186 g/mol. The van der Waals surface area contributed by atoms with Gasteiger partial charge < -0.3 is 0 Å². The molecule has 1 N–H and O–H groups in total. The summed E-state index contributed by atoms with van der Waals surface area (Å²) >= 11 is 0. The molecule has 2 nitrogen and oxygen atoms in total. The zero-order valence-corrected chi connectivity index (χ0v) is 9.87. The lowest BCUT2D eigenvalue weighted by Gasteiger charge is -2.27. The van der Waals surface area contributed by atoms with Gasteiger partial charge in [0, 0.05) is 5.54 Å². The van der Waals surface area contributed by atoms with E-state index in [-0.39, 0.29) is 17.4 Å². The summed E-state index contributed by atoms with van der Waals surface area (Å²) in [6.07, 6.45) is 0. The summed E-state index contributed by atoms with van der Waals surface area (Å²) in [4.78, 5) is 11.6. The highest BCUT2D eigenvalue weighted by Gasteiger charge is 2.21. The fourth-order valence-electron chi connectivity index (χ4n) is 1.50. The molecule has 82 valence electrons. The average molecular weight is 205 g/mol. The molecule has 0 fully saturated rings. The van der Waals surface area contributed by atoms with Gasteiger partial charge in [-0.3, -0.25) is 10.1 Å². The first-order valence-electron chi connectivity index (χ1n) is 5.23. The van der Waals surface area contributed by atoms with E-state index in [1.165, 1.54) is 0 Å². The van der Waals surface area contributed by atoms with Crippen molar-refractivity contribution in [2.45, 2.75) is 39.3 Å². The lowest BCUT2D eigenvalue weighted by atomic mass is 9.99. The van der Waals surface area contributed by atoms with Gasteiger partial charge >= 0.3 is 0 Å². The van der Waals surface area contributed by atoms with Gasteiger partial charge in [0.25, 0.3) is 0 Å². The van der Waals surface area contributed by atoms with Crippen LogP contribution in [0, 0.1) is 0 Å². The van der Waals surface area contributed by atoms with Crippen LogP contribution in [0.15, 0.2) is 30.3 Å². The Kier molecular flexibility index (Phi) is 3.64. The Morgan fingerprint density at radius 2 is 1.73 bits per heavy atom. The van der Waals surface area contributed by atoms with Gasteiger partial charge in [-0.15, -0.1) is 0 Å². The van der Waals surface area contributed by atoms with E-state index < -0.39 is 0 Å². The van der Waals surface area contributed by atoms with E-state index in [1.807, 2.05) is 30.3 Å². The molecule has 0 saturated carbocycles. The van der Waals surface area contributed by atoms with Crippen LogP contribution in [0.3, 0.4) is 0 Å². The van der Waals surface area contributed by atoms with Crippen molar-refractivity contribution in [2.24, 2.45) is 0 Å². The lowest BCUT2D eigenvalue weighted by molar-refractivity contribution is -0.119. The van der Waals surface area contributed by atoms with E-state index in [1.54, 1.807) is 6.92 Å². The van der Waals surface area contributed by atoms with E-state index in [2.05, 4.69) is 26.1 Å². The Balaban J connectivity index is 2.90. The summed E-state index contributed by atoms with van der Waals surface area (Å²) < 4.78 is 0. The molecular formula is C13H19NO. The van der Waals surface area contributed by atoms with Crippen molar-refractivity contribution in [3.8, 4) is 0 Å². The number of Topliss-reactive ketones (excluding diaryl/α,β-unsaturated/α-hetero) is 1. The van der Waals surface area contributed by atoms with Crippen LogP contribution in [0.1, 0.15) is 39.3 Å².